The highest BCUT2D eigenvalue weighted by Gasteiger charge is 2.19. The molecule has 0 saturated heterocycles. The zero-order valence-corrected chi connectivity index (χ0v) is 16.1. The van der Waals surface area contributed by atoms with Gasteiger partial charge < -0.3 is 15.4 Å². The Bertz CT molecular complexity index is 958. The number of nitrogens with one attached hydrogen (secondary N) is 2. The molecule has 1 heterocycles. The normalized spacial score (nSPS) is 10.3. The second kappa shape index (κ2) is 8.75. The van der Waals surface area contributed by atoms with Crippen molar-refractivity contribution in [1.82, 2.24) is 0 Å². The van der Waals surface area contributed by atoms with Crippen molar-refractivity contribution in [3.63, 3.8) is 0 Å². The van der Waals surface area contributed by atoms with E-state index in [1.165, 1.54) is 23.5 Å². The van der Waals surface area contributed by atoms with Crippen LogP contribution < -0.4 is 10.6 Å². The standard InChI is InChI=1S/C20H17FN2O2S2/c1-2-25-19(24)16-12-17(13-7-4-3-5-8-13)27-18(16)23-20(26)22-15-10-6-9-14(21)11-15/h3-12H,2H2,1H3,(H2,22,23,26). The Morgan fingerprint density at radius 1 is 1.11 bits per heavy atom. The number of carbonyl (C=O) groups is 1. The van der Waals surface area contributed by atoms with Crippen molar-refractivity contribution in [3.05, 3.63) is 72.0 Å². The second-order valence-corrected chi connectivity index (χ2v) is 6.99. The molecule has 3 rings (SSSR count). The fourth-order valence-corrected chi connectivity index (χ4v) is 3.76. The number of esters is 1. The molecule has 1 aromatic heterocycles. The van der Waals surface area contributed by atoms with Gasteiger partial charge in [0, 0.05) is 10.6 Å². The van der Waals surface area contributed by atoms with Gasteiger partial charge >= 0.3 is 5.97 Å². The van der Waals surface area contributed by atoms with E-state index in [0.717, 1.165) is 10.4 Å². The minimum atomic E-state index is -0.424. The van der Waals surface area contributed by atoms with Crippen molar-refractivity contribution in [2.24, 2.45) is 0 Å². The fraction of sp³-hybridized carbons (Fsp3) is 0.100. The minimum Gasteiger partial charge on any atom is -0.462 e. The Morgan fingerprint density at radius 3 is 2.59 bits per heavy atom. The summed E-state index contributed by atoms with van der Waals surface area (Å²) in [7, 11) is 0. The molecule has 0 fully saturated rings. The molecule has 0 bridgehead atoms. The number of halogens is 1. The molecule has 0 atom stereocenters. The highest BCUT2D eigenvalue weighted by atomic mass is 32.1. The van der Waals surface area contributed by atoms with Crippen LogP contribution in [0.1, 0.15) is 17.3 Å². The lowest BCUT2D eigenvalue weighted by Crippen LogP contribution is -2.20. The van der Waals surface area contributed by atoms with E-state index in [4.69, 9.17) is 17.0 Å². The number of anilines is 2. The molecule has 0 unspecified atom stereocenters. The molecule has 27 heavy (non-hydrogen) atoms. The molecule has 0 radical (unpaired) electrons. The first-order valence-corrected chi connectivity index (χ1v) is 9.49. The highest BCUT2D eigenvalue weighted by molar-refractivity contribution is 7.80. The lowest BCUT2D eigenvalue weighted by Gasteiger charge is -2.10. The van der Waals surface area contributed by atoms with E-state index in [2.05, 4.69) is 10.6 Å². The third kappa shape index (κ3) is 4.90. The summed E-state index contributed by atoms with van der Waals surface area (Å²) in [5.41, 5.74) is 1.92. The molecule has 138 valence electrons. The summed E-state index contributed by atoms with van der Waals surface area (Å²) >= 11 is 6.70. The van der Waals surface area contributed by atoms with Gasteiger partial charge in [0.25, 0.3) is 0 Å². The zero-order valence-electron chi connectivity index (χ0n) is 14.5. The predicted octanol–water partition coefficient (Wildman–Crippen LogP) is 5.54. The number of hydrogen-bond acceptors (Lipinski definition) is 4. The van der Waals surface area contributed by atoms with Crippen LogP contribution in [0.2, 0.25) is 0 Å². The van der Waals surface area contributed by atoms with Gasteiger partial charge in [0.2, 0.25) is 0 Å². The molecule has 0 aliphatic rings. The van der Waals surface area contributed by atoms with E-state index in [-0.39, 0.29) is 17.5 Å². The third-order valence-electron chi connectivity index (χ3n) is 3.60. The van der Waals surface area contributed by atoms with Crippen LogP contribution in [0.25, 0.3) is 10.4 Å². The van der Waals surface area contributed by atoms with Gasteiger partial charge in [-0.1, -0.05) is 36.4 Å². The van der Waals surface area contributed by atoms with Crippen LogP contribution in [0.4, 0.5) is 15.1 Å². The van der Waals surface area contributed by atoms with Gasteiger partial charge in [-0.2, -0.15) is 0 Å². The smallest absolute Gasteiger partial charge is 0.341 e. The van der Waals surface area contributed by atoms with E-state index >= 15 is 0 Å². The van der Waals surface area contributed by atoms with E-state index < -0.39 is 5.97 Å². The summed E-state index contributed by atoms with van der Waals surface area (Å²) in [6, 6.07) is 17.5. The average Bonchev–Trinajstić information content (AvgIpc) is 3.06. The first-order valence-electron chi connectivity index (χ1n) is 8.26. The van der Waals surface area contributed by atoms with Crippen LogP contribution >= 0.6 is 23.6 Å². The molecule has 7 heteroatoms. The number of hydrogen-bond donors (Lipinski definition) is 2. The first-order chi connectivity index (χ1) is 13.1. The molecule has 2 N–H and O–H groups in total. The lowest BCUT2D eigenvalue weighted by atomic mass is 10.1. The number of thiocarbonyl (C=S) groups is 1. The average molecular weight is 401 g/mol. The van der Waals surface area contributed by atoms with Crippen LogP contribution in [0, 0.1) is 5.82 Å². The van der Waals surface area contributed by atoms with E-state index in [1.54, 1.807) is 25.1 Å². The molecule has 0 aliphatic carbocycles. The Balaban J connectivity index is 1.85. The number of ether oxygens (including phenoxy) is 1. The third-order valence-corrected chi connectivity index (χ3v) is 4.90. The number of carbonyl (C=O) groups excluding carboxylic acids is 1. The van der Waals surface area contributed by atoms with Crippen LogP contribution in [0.3, 0.4) is 0 Å². The monoisotopic (exact) mass is 400 g/mol. The quantitative estimate of drug-likeness (QED) is 0.435. The van der Waals surface area contributed by atoms with E-state index in [9.17, 15) is 9.18 Å². The highest BCUT2D eigenvalue weighted by Crippen LogP contribution is 2.36. The van der Waals surface area contributed by atoms with Crippen molar-refractivity contribution < 1.29 is 13.9 Å². The summed E-state index contributed by atoms with van der Waals surface area (Å²) in [5, 5.41) is 6.76. The number of rotatable bonds is 5. The summed E-state index contributed by atoms with van der Waals surface area (Å²) in [5.74, 6) is -0.788. The predicted molar refractivity (Wildman–Crippen MR) is 112 cm³/mol. The van der Waals surface area contributed by atoms with Gasteiger partial charge in [0.15, 0.2) is 5.11 Å². The first kappa shape index (κ1) is 19.0. The van der Waals surface area contributed by atoms with Gasteiger partial charge in [0.05, 0.1) is 12.2 Å². The Hall–Kier alpha value is -2.77. The molecule has 0 amide bonds. The second-order valence-electron chi connectivity index (χ2n) is 5.53. The van der Waals surface area contributed by atoms with Gasteiger partial charge in [-0.3, -0.25) is 0 Å². The Kier molecular flexibility index (Phi) is 6.16. The Labute approximate surface area is 166 Å². The van der Waals surface area contributed by atoms with Gasteiger partial charge in [-0.15, -0.1) is 11.3 Å². The van der Waals surface area contributed by atoms with Crippen molar-refractivity contribution in [3.8, 4) is 10.4 Å². The lowest BCUT2D eigenvalue weighted by molar-refractivity contribution is 0.0528. The summed E-state index contributed by atoms with van der Waals surface area (Å²) in [6.07, 6.45) is 0. The molecule has 0 saturated carbocycles. The van der Waals surface area contributed by atoms with Crippen LogP contribution in [-0.4, -0.2) is 17.7 Å². The molecular formula is C20H17FN2O2S2. The van der Waals surface area contributed by atoms with Crippen molar-refractivity contribution in [2.45, 2.75) is 6.92 Å². The summed E-state index contributed by atoms with van der Waals surface area (Å²) < 4.78 is 18.5. The number of thiophene rings is 1. The number of benzene rings is 2. The fourth-order valence-electron chi connectivity index (χ4n) is 2.42. The van der Waals surface area contributed by atoms with Crippen molar-refractivity contribution in [2.75, 3.05) is 17.2 Å². The topological polar surface area (TPSA) is 50.4 Å². The molecule has 4 nitrogen and oxygen atoms in total. The molecule has 3 aromatic rings. The van der Waals surface area contributed by atoms with E-state index in [0.29, 0.717) is 16.3 Å². The zero-order chi connectivity index (χ0) is 19.2. The van der Waals surface area contributed by atoms with E-state index in [1.807, 2.05) is 30.3 Å². The maximum absolute atomic E-state index is 13.3. The molecule has 0 spiro atoms. The molecule has 2 aromatic carbocycles. The molecule has 0 aliphatic heterocycles. The van der Waals surface area contributed by atoms with Gasteiger partial charge in [-0.25, -0.2) is 9.18 Å². The van der Waals surface area contributed by atoms with Crippen LogP contribution in [-0.2, 0) is 4.74 Å². The van der Waals surface area contributed by atoms with Crippen molar-refractivity contribution >= 4 is 45.3 Å². The van der Waals surface area contributed by atoms with Gasteiger partial charge in [-0.05, 0) is 49.0 Å². The van der Waals surface area contributed by atoms with Crippen molar-refractivity contribution in [1.29, 1.82) is 0 Å². The van der Waals surface area contributed by atoms with Crippen LogP contribution in [0.5, 0.6) is 0 Å². The maximum Gasteiger partial charge on any atom is 0.341 e. The molecular weight excluding hydrogens is 383 g/mol. The summed E-state index contributed by atoms with van der Waals surface area (Å²) in [6.45, 7) is 2.03. The largest absolute Gasteiger partial charge is 0.462 e. The Morgan fingerprint density at radius 2 is 1.89 bits per heavy atom. The SMILES string of the molecule is CCOC(=O)c1cc(-c2ccccc2)sc1NC(=S)Nc1cccc(F)c1. The van der Waals surface area contributed by atoms with Crippen LogP contribution in [0.15, 0.2) is 60.7 Å². The summed E-state index contributed by atoms with van der Waals surface area (Å²) in [4.78, 5) is 13.2. The van der Waals surface area contributed by atoms with Gasteiger partial charge in [0.1, 0.15) is 10.8 Å². The maximum atomic E-state index is 13.3. The minimum absolute atomic E-state index is 0.257.